The molecule has 0 bridgehead atoms. The van der Waals surface area contributed by atoms with Crippen LogP contribution in [0.2, 0.25) is 0 Å². The maximum atomic E-state index is 13.0. The Morgan fingerprint density at radius 1 is 1.40 bits per heavy atom. The lowest BCUT2D eigenvalue weighted by molar-refractivity contribution is -0.137. The van der Waals surface area contributed by atoms with E-state index < -0.39 is 23.8 Å². The molecule has 2 rings (SSSR count). The highest BCUT2D eigenvalue weighted by atomic mass is 19.4. The first kappa shape index (κ1) is 24.6. The molecule has 1 aromatic carbocycles. The summed E-state index contributed by atoms with van der Waals surface area (Å²) in [6, 6.07) is 4.43. The Kier molecular flexibility index (Phi) is 9.09. The van der Waals surface area contributed by atoms with E-state index in [1.807, 2.05) is 13.8 Å². The first-order valence-electron chi connectivity index (χ1n) is 10.1. The third kappa shape index (κ3) is 7.23. The van der Waals surface area contributed by atoms with Crippen molar-refractivity contribution in [3.05, 3.63) is 35.4 Å². The van der Waals surface area contributed by atoms with E-state index in [1.54, 1.807) is 0 Å². The van der Waals surface area contributed by atoms with Crippen molar-refractivity contribution in [1.29, 1.82) is 0 Å². The van der Waals surface area contributed by atoms with Gasteiger partial charge in [-0.2, -0.15) is 13.2 Å². The Hall–Kier alpha value is -1.68. The molecule has 0 radical (unpaired) electrons. The van der Waals surface area contributed by atoms with Gasteiger partial charge in [0.25, 0.3) is 5.91 Å². The fraction of sp³-hybridized carbons (Fsp3) is 0.667. The number of carbonyl (C=O) groups is 1. The Bertz CT molecular complexity index is 684. The Morgan fingerprint density at radius 3 is 2.77 bits per heavy atom. The van der Waals surface area contributed by atoms with Gasteiger partial charge in [0.05, 0.1) is 31.0 Å². The monoisotopic (exact) mass is 432 g/mol. The van der Waals surface area contributed by atoms with Crippen molar-refractivity contribution in [2.45, 2.75) is 32.2 Å². The van der Waals surface area contributed by atoms with Gasteiger partial charge in [0, 0.05) is 45.4 Å². The van der Waals surface area contributed by atoms with Crippen LogP contribution in [0.25, 0.3) is 0 Å². The molecule has 2 atom stereocenters. The van der Waals surface area contributed by atoms with Crippen LogP contribution in [0.15, 0.2) is 24.3 Å². The zero-order valence-corrected chi connectivity index (χ0v) is 17.7. The molecule has 1 fully saturated rings. The number of carbonyl (C=O) groups excluding carboxylic acids is 1. The topological polar surface area (TPSA) is 62.2 Å². The molecule has 1 aromatic rings. The summed E-state index contributed by atoms with van der Waals surface area (Å²) in [6.07, 6.45) is -5.28. The van der Waals surface area contributed by atoms with Gasteiger partial charge in [-0.15, -0.1) is 0 Å². The molecule has 1 aliphatic rings. The zero-order chi connectivity index (χ0) is 22.3. The molecule has 1 aliphatic heterocycles. The van der Waals surface area contributed by atoms with Crippen LogP contribution in [0.3, 0.4) is 0 Å². The lowest BCUT2D eigenvalue weighted by atomic mass is 10.1. The Labute approximate surface area is 175 Å². The van der Waals surface area contributed by atoms with Crippen LogP contribution in [-0.2, 0) is 15.7 Å². The van der Waals surface area contributed by atoms with Crippen LogP contribution >= 0.6 is 0 Å². The van der Waals surface area contributed by atoms with Crippen molar-refractivity contribution in [2.75, 3.05) is 53.0 Å². The molecule has 0 aromatic heterocycles. The summed E-state index contributed by atoms with van der Waals surface area (Å²) < 4.78 is 49.9. The van der Waals surface area contributed by atoms with Crippen LogP contribution in [0.1, 0.15) is 29.8 Å². The van der Waals surface area contributed by atoms with Gasteiger partial charge >= 0.3 is 6.18 Å². The number of morpholine rings is 1. The number of benzene rings is 1. The number of ether oxygens (including phenoxy) is 2. The second kappa shape index (κ2) is 11.1. The van der Waals surface area contributed by atoms with Crippen LogP contribution < -0.4 is 0 Å². The van der Waals surface area contributed by atoms with Gasteiger partial charge in [-0.1, -0.05) is 19.9 Å². The largest absolute Gasteiger partial charge is 0.416 e. The molecule has 0 saturated carbocycles. The minimum Gasteiger partial charge on any atom is -0.392 e. The number of β-amino-alcohol motifs (C(OH)–C–C–N with tert-alkyl or cyclic N) is 1. The number of alkyl halides is 3. The number of aliphatic hydroxyl groups is 1. The van der Waals surface area contributed by atoms with Gasteiger partial charge in [0.15, 0.2) is 0 Å². The lowest BCUT2D eigenvalue weighted by Gasteiger charge is -2.37. The van der Waals surface area contributed by atoms with E-state index >= 15 is 0 Å². The molecule has 1 N–H and O–H groups in total. The number of nitrogens with zero attached hydrogens (tertiary/aromatic N) is 2. The Morgan fingerprint density at radius 2 is 2.13 bits per heavy atom. The van der Waals surface area contributed by atoms with Crippen LogP contribution in [0.4, 0.5) is 13.2 Å². The van der Waals surface area contributed by atoms with E-state index in [9.17, 15) is 23.1 Å². The van der Waals surface area contributed by atoms with Crippen LogP contribution in [0, 0.1) is 5.92 Å². The molecular weight excluding hydrogens is 401 g/mol. The number of halogens is 3. The SMILES string of the molecule is COCCN(C[C@H]1CN(C[C@@H](O)C(C)C)CCO1)C(=O)c1cccc(C(F)(F)F)c1. The molecule has 0 unspecified atom stereocenters. The normalized spacial score (nSPS) is 19.1. The highest BCUT2D eigenvalue weighted by molar-refractivity contribution is 5.94. The average molecular weight is 432 g/mol. The maximum absolute atomic E-state index is 13.0. The predicted octanol–water partition coefficient (Wildman–Crippen LogP) is 2.51. The standard InChI is InChI=1S/C21H31F3N2O4/c1-15(2)19(27)14-25-7-10-30-18(12-25)13-26(8-9-29-3)20(28)16-5-4-6-17(11-16)21(22,23)24/h4-6,11,15,18-19,27H,7-10,12-14H2,1-3H3/t18-,19-/m1/s1. The van der Waals surface area contributed by atoms with Gasteiger partial charge in [-0.3, -0.25) is 9.69 Å². The second-order valence-corrected chi connectivity index (χ2v) is 7.89. The van der Waals surface area contributed by atoms with E-state index in [0.717, 1.165) is 12.1 Å². The van der Waals surface area contributed by atoms with E-state index in [2.05, 4.69) is 4.90 Å². The highest BCUT2D eigenvalue weighted by Gasteiger charge is 2.32. The van der Waals surface area contributed by atoms with Crippen molar-refractivity contribution in [2.24, 2.45) is 5.92 Å². The van der Waals surface area contributed by atoms with Gasteiger partial charge in [0.1, 0.15) is 0 Å². The van der Waals surface area contributed by atoms with E-state index in [-0.39, 0.29) is 37.3 Å². The average Bonchev–Trinajstić information content (AvgIpc) is 2.70. The lowest BCUT2D eigenvalue weighted by Crippen LogP contribution is -2.51. The van der Waals surface area contributed by atoms with Crippen molar-refractivity contribution in [3.63, 3.8) is 0 Å². The summed E-state index contributed by atoms with van der Waals surface area (Å²) in [4.78, 5) is 16.5. The molecular formula is C21H31F3N2O4. The summed E-state index contributed by atoms with van der Waals surface area (Å²) in [5.41, 5.74) is -0.883. The summed E-state index contributed by atoms with van der Waals surface area (Å²) >= 11 is 0. The molecule has 1 saturated heterocycles. The predicted molar refractivity (Wildman–Crippen MR) is 106 cm³/mol. The third-order valence-electron chi connectivity index (χ3n) is 5.15. The third-order valence-corrected chi connectivity index (χ3v) is 5.15. The molecule has 170 valence electrons. The molecule has 1 amide bonds. The number of amides is 1. The minimum absolute atomic E-state index is 0.0242. The number of rotatable bonds is 9. The molecule has 0 aliphatic carbocycles. The fourth-order valence-electron chi connectivity index (χ4n) is 3.27. The van der Waals surface area contributed by atoms with Gasteiger partial charge in [0.2, 0.25) is 0 Å². The quantitative estimate of drug-likeness (QED) is 0.650. The molecule has 9 heteroatoms. The van der Waals surface area contributed by atoms with Crippen molar-refractivity contribution in [3.8, 4) is 0 Å². The first-order valence-corrected chi connectivity index (χ1v) is 10.1. The smallest absolute Gasteiger partial charge is 0.392 e. The number of aliphatic hydroxyl groups excluding tert-OH is 1. The Balaban J connectivity index is 2.09. The molecule has 30 heavy (non-hydrogen) atoms. The summed E-state index contributed by atoms with van der Waals surface area (Å²) in [5.74, 6) is -0.368. The molecule has 6 nitrogen and oxygen atoms in total. The van der Waals surface area contributed by atoms with E-state index in [1.165, 1.54) is 24.1 Å². The zero-order valence-electron chi connectivity index (χ0n) is 17.7. The number of hydrogen-bond donors (Lipinski definition) is 1. The first-order chi connectivity index (χ1) is 14.1. The minimum atomic E-state index is -4.52. The number of methoxy groups -OCH3 is 1. The van der Waals surface area contributed by atoms with Gasteiger partial charge in [-0.05, 0) is 24.1 Å². The molecule has 0 spiro atoms. The highest BCUT2D eigenvalue weighted by Crippen LogP contribution is 2.29. The van der Waals surface area contributed by atoms with Crippen molar-refractivity contribution in [1.82, 2.24) is 9.80 Å². The summed E-state index contributed by atoms with van der Waals surface area (Å²) in [7, 11) is 1.50. The van der Waals surface area contributed by atoms with Gasteiger partial charge in [-0.25, -0.2) is 0 Å². The second-order valence-electron chi connectivity index (χ2n) is 7.89. The number of hydrogen-bond acceptors (Lipinski definition) is 5. The molecule has 1 heterocycles. The van der Waals surface area contributed by atoms with Gasteiger partial charge < -0.3 is 19.5 Å². The van der Waals surface area contributed by atoms with Crippen molar-refractivity contribution >= 4 is 5.91 Å². The van der Waals surface area contributed by atoms with E-state index in [0.29, 0.717) is 26.2 Å². The maximum Gasteiger partial charge on any atom is 0.416 e. The summed E-state index contributed by atoms with van der Waals surface area (Å²) in [6.45, 7) is 6.80. The van der Waals surface area contributed by atoms with Crippen molar-refractivity contribution < 1.29 is 32.5 Å². The summed E-state index contributed by atoms with van der Waals surface area (Å²) in [5, 5.41) is 10.1. The van der Waals surface area contributed by atoms with E-state index in [4.69, 9.17) is 9.47 Å². The van der Waals surface area contributed by atoms with Crippen LogP contribution in [0.5, 0.6) is 0 Å². The van der Waals surface area contributed by atoms with Crippen LogP contribution in [-0.4, -0.2) is 86.1 Å². The fourth-order valence-corrected chi connectivity index (χ4v) is 3.27.